The molecule has 41 heteroatoms. The Morgan fingerprint density at radius 2 is 1.46 bits per heavy atom. The van der Waals surface area contributed by atoms with Gasteiger partial charge in [0.05, 0.1) is 44.3 Å². The van der Waals surface area contributed by atoms with Crippen LogP contribution in [0.15, 0.2) is 77.1 Å². The molecular weight excluding hydrogens is 1190 g/mol. The highest BCUT2D eigenvalue weighted by Gasteiger charge is 2.58. The number of aliphatic hydroxyl groups is 2. The standard InChI is InChI=1S/C40H44ClN15O21P4/c1-69-40(56-17-48-24-30(42)45-15-46-33(24)56)14-71-23(29(40)75-79(63,64)72-12-22-27(57)28(58)37(74-22)55-16-47-25-34(55)51-39(44)52-35(25)59)13-73-80(65,66)77-81(67,68)76-78(61,62)21-8-2-18(3-9-21)32-49-31-26(36(60)53-38(43)50-31)54(32)10-11-70-20-6-4-19(41)5-7-20/h2-9,15-17,22-23,27-29,37,57-58H,10-14H2,1H3,(H,61,62)(H,63,64)(H,65,66)(H,67,68)(H2,42,45,46)(H3,43,50,53,60)(H3,44,51,52,59). The van der Waals surface area contributed by atoms with E-state index in [1.807, 2.05) is 0 Å². The molecule has 0 bridgehead atoms. The number of imidazole rings is 3. The number of hydrogen-bond donors (Lipinski definition) is 11. The highest BCUT2D eigenvalue weighted by molar-refractivity contribution is 7.71. The van der Waals surface area contributed by atoms with E-state index < -0.39 is 110 Å². The molecule has 14 N–H and O–H groups in total. The Balaban J connectivity index is 0.834. The zero-order valence-corrected chi connectivity index (χ0v) is 45.4. The molecule has 81 heavy (non-hydrogen) atoms. The van der Waals surface area contributed by atoms with E-state index >= 15 is 0 Å². The minimum Gasteiger partial charge on any atom is -0.492 e. The van der Waals surface area contributed by atoms with E-state index in [-0.39, 0.29) is 75.7 Å². The lowest BCUT2D eigenvalue weighted by Gasteiger charge is -2.35. The van der Waals surface area contributed by atoms with Crippen molar-refractivity contribution < 1.29 is 89.2 Å². The van der Waals surface area contributed by atoms with E-state index in [9.17, 15) is 57.6 Å². The molecule has 11 unspecified atom stereocenters. The quantitative estimate of drug-likeness (QED) is 0.0426. The zero-order valence-electron chi connectivity index (χ0n) is 41.0. The normalized spacial score (nSPS) is 24.3. The second-order valence-corrected chi connectivity index (χ2v) is 24.4. The van der Waals surface area contributed by atoms with Gasteiger partial charge >= 0.3 is 31.1 Å². The number of phosphoric ester groups is 2. The number of aromatic nitrogens is 12. The van der Waals surface area contributed by atoms with E-state index in [2.05, 4.69) is 53.5 Å². The number of rotatable bonds is 21. The first-order chi connectivity index (χ1) is 38.3. The third kappa shape index (κ3) is 11.7. The molecule has 36 nitrogen and oxygen atoms in total. The Bertz CT molecular complexity index is 4020. The first kappa shape index (κ1) is 57.8. The van der Waals surface area contributed by atoms with Crippen LogP contribution >= 0.6 is 42.7 Å². The van der Waals surface area contributed by atoms with Gasteiger partial charge in [-0.2, -0.15) is 14.3 Å². The number of hydrogen-bond acceptors (Lipinski definition) is 27. The maximum absolute atomic E-state index is 13.9. The van der Waals surface area contributed by atoms with Crippen LogP contribution in [0.5, 0.6) is 5.75 Å². The van der Waals surface area contributed by atoms with Crippen molar-refractivity contribution in [3.05, 3.63) is 93.2 Å². The van der Waals surface area contributed by atoms with Crippen LogP contribution in [0.1, 0.15) is 6.23 Å². The molecule has 0 radical (unpaired) electrons. The van der Waals surface area contributed by atoms with Crippen LogP contribution in [0.25, 0.3) is 44.9 Å². The molecule has 0 amide bonds. The maximum Gasteiger partial charge on any atom is 0.488 e. The van der Waals surface area contributed by atoms with Crippen LogP contribution in [-0.2, 0) is 66.9 Å². The van der Waals surface area contributed by atoms with Crippen molar-refractivity contribution in [1.29, 1.82) is 0 Å². The van der Waals surface area contributed by atoms with Crippen LogP contribution in [0.4, 0.5) is 17.7 Å². The largest absolute Gasteiger partial charge is 0.492 e. The summed E-state index contributed by atoms with van der Waals surface area (Å²) in [6, 6.07) is 10.9. The van der Waals surface area contributed by atoms with Gasteiger partial charge in [-0.15, -0.1) is 0 Å². The number of ether oxygens (including phenoxy) is 4. The topological polar surface area (TPSA) is 522 Å². The van der Waals surface area contributed by atoms with Crippen molar-refractivity contribution in [3.8, 4) is 17.1 Å². The smallest absolute Gasteiger partial charge is 0.488 e. The van der Waals surface area contributed by atoms with Gasteiger partial charge in [0, 0.05) is 17.7 Å². The number of aliphatic hydroxyl groups excluding tert-OH is 2. The molecule has 8 heterocycles. The van der Waals surface area contributed by atoms with Gasteiger partial charge in [-0.3, -0.25) is 46.8 Å². The number of benzene rings is 2. The number of anilines is 3. The SMILES string of the molecule is COC1(n2cnc3c(N)ncnc32)COC(COP(=O)(O)OP(=O)(O)OP(=O)(O)c2ccc(-c3nc4nc(N)[nH]c(=O)c4n3CCOc3ccc(Cl)cc3)cc2)C1OP(=O)(O)OCC1OC(n2cnc3c(=O)[nH]c(N)nc32)C(O)C1O. The molecule has 11 atom stereocenters. The Hall–Kier alpha value is -6.46. The van der Waals surface area contributed by atoms with Gasteiger partial charge in [-0.05, 0) is 36.4 Å². The first-order valence-electron chi connectivity index (χ1n) is 23.1. The third-order valence-electron chi connectivity index (χ3n) is 12.4. The number of aromatic amines is 2. The maximum atomic E-state index is 13.9. The minimum absolute atomic E-state index is 0.000588. The van der Waals surface area contributed by atoms with Crippen molar-refractivity contribution in [3.63, 3.8) is 0 Å². The van der Waals surface area contributed by atoms with E-state index in [0.717, 1.165) is 47.4 Å². The summed E-state index contributed by atoms with van der Waals surface area (Å²) < 4.78 is 106. The van der Waals surface area contributed by atoms with E-state index in [1.54, 1.807) is 24.3 Å². The van der Waals surface area contributed by atoms with E-state index in [0.29, 0.717) is 10.8 Å². The Morgan fingerprint density at radius 1 is 0.778 bits per heavy atom. The fourth-order valence-corrected chi connectivity index (χ4v) is 13.8. The Morgan fingerprint density at radius 3 is 2.19 bits per heavy atom. The average Bonchev–Trinajstić information content (AvgIpc) is 4.42. The number of phosphoric acid groups is 3. The lowest BCUT2D eigenvalue weighted by molar-refractivity contribution is -0.135. The van der Waals surface area contributed by atoms with Gasteiger partial charge in [0.1, 0.15) is 60.5 Å². The number of nitrogens with one attached hydrogen (secondary N) is 2. The van der Waals surface area contributed by atoms with Crippen molar-refractivity contribution in [2.75, 3.05) is 50.7 Å². The average molecular weight is 1230 g/mol. The Kier molecular flexibility index (Phi) is 15.7. The van der Waals surface area contributed by atoms with Crippen molar-refractivity contribution in [2.24, 2.45) is 0 Å². The van der Waals surface area contributed by atoms with Gasteiger partial charge in [-0.1, -0.05) is 23.7 Å². The van der Waals surface area contributed by atoms with Crippen LogP contribution in [0, 0.1) is 0 Å². The molecule has 0 aliphatic carbocycles. The highest BCUT2D eigenvalue weighted by Crippen LogP contribution is 2.67. The summed E-state index contributed by atoms with van der Waals surface area (Å²) in [5.74, 6) is -0.0903. The summed E-state index contributed by atoms with van der Waals surface area (Å²) >= 11 is 5.97. The summed E-state index contributed by atoms with van der Waals surface area (Å²) in [7, 11) is -21.9. The van der Waals surface area contributed by atoms with E-state index in [1.165, 1.54) is 16.7 Å². The number of nitrogen functional groups attached to an aromatic ring is 3. The first-order valence-corrected chi connectivity index (χ1v) is 29.5. The number of fused-ring (bicyclic) bond motifs is 3. The highest BCUT2D eigenvalue weighted by atomic mass is 35.5. The van der Waals surface area contributed by atoms with Crippen LogP contribution < -0.4 is 38.4 Å². The van der Waals surface area contributed by atoms with E-state index in [4.69, 9.17) is 61.3 Å². The molecule has 0 spiro atoms. The molecule has 2 aliphatic rings. The van der Waals surface area contributed by atoms with Crippen LogP contribution in [0.3, 0.4) is 0 Å². The monoisotopic (exact) mass is 1230 g/mol. The summed E-state index contributed by atoms with van der Waals surface area (Å²) in [6.45, 7) is -2.86. The predicted octanol–water partition coefficient (Wildman–Crippen LogP) is 0.119. The Labute approximate surface area is 455 Å². The number of halogens is 1. The van der Waals surface area contributed by atoms with Crippen molar-refractivity contribution in [1.82, 2.24) is 58.6 Å². The molecule has 6 aromatic heterocycles. The lowest BCUT2D eigenvalue weighted by Crippen LogP contribution is -2.49. The molecule has 2 saturated heterocycles. The fourth-order valence-electron chi connectivity index (χ4n) is 8.76. The molecular formula is C40H44ClN15O21P4. The molecule has 432 valence electrons. The lowest BCUT2D eigenvalue weighted by atomic mass is 10.1. The zero-order chi connectivity index (χ0) is 58.0. The summed E-state index contributed by atoms with van der Waals surface area (Å²) in [6.07, 6.45) is -7.25. The van der Waals surface area contributed by atoms with Crippen molar-refractivity contribution in [2.45, 2.75) is 49.0 Å². The van der Waals surface area contributed by atoms with Crippen LogP contribution in [0.2, 0.25) is 5.02 Å². The number of H-pyrrole nitrogens is 2. The number of nitrogens with two attached hydrogens (primary N) is 3. The molecule has 2 aromatic carbocycles. The van der Waals surface area contributed by atoms with Gasteiger partial charge in [-0.25, -0.2) is 42.9 Å². The predicted molar refractivity (Wildman–Crippen MR) is 276 cm³/mol. The van der Waals surface area contributed by atoms with Crippen molar-refractivity contribution >= 4 is 99.2 Å². The number of methoxy groups -OCH3 is 1. The van der Waals surface area contributed by atoms with Gasteiger partial charge in [0.2, 0.25) is 11.9 Å². The minimum atomic E-state index is -6.10. The van der Waals surface area contributed by atoms with Gasteiger partial charge in [0.15, 0.2) is 45.7 Å². The fraction of sp³-hybridized carbons (Fsp3) is 0.325. The summed E-state index contributed by atoms with van der Waals surface area (Å²) in [5, 5.41) is 21.7. The number of nitrogens with zero attached hydrogens (tertiary/aromatic N) is 10. The molecule has 2 aliphatic heterocycles. The second-order valence-electron chi connectivity index (χ2n) is 17.5. The molecule has 8 aromatic rings. The summed E-state index contributed by atoms with van der Waals surface area (Å²) in [4.78, 5) is 102. The van der Waals surface area contributed by atoms with Gasteiger partial charge < -0.3 is 70.5 Å². The second kappa shape index (κ2) is 22.0. The summed E-state index contributed by atoms with van der Waals surface area (Å²) in [5.41, 5.74) is 13.7. The third-order valence-corrected chi connectivity index (χ3v) is 18.4. The van der Waals surface area contributed by atoms with Crippen LogP contribution in [-0.4, -0.2) is 152 Å². The molecule has 0 saturated carbocycles. The van der Waals surface area contributed by atoms with Gasteiger partial charge in [0.25, 0.3) is 11.1 Å². The molecule has 10 rings (SSSR count). The molecule has 2 fully saturated rings.